The molecule has 2 saturated heterocycles. The van der Waals surface area contributed by atoms with Crippen molar-refractivity contribution in [2.45, 2.75) is 69.7 Å². The smallest absolute Gasteiger partial charge is 0.246 e. The Morgan fingerprint density at radius 1 is 0.973 bits per heavy atom. The molecule has 0 radical (unpaired) electrons. The average molecular weight is 538 g/mol. The van der Waals surface area contributed by atoms with Gasteiger partial charge in [-0.1, -0.05) is 33.1 Å². The van der Waals surface area contributed by atoms with E-state index in [2.05, 4.69) is 18.7 Å². The van der Waals surface area contributed by atoms with Crippen molar-refractivity contribution in [3.63, 3.8) is 0 Å². The summed E-state index contributed by atoms with van der Waals surface area (Å²) in [7, 11) is 3.36. The molecule has 1 unspecified atom stereocenters. The third kappa shape index (κ3) is 7.39. The topological polar surface area (TPSA) is 79.4 Å². The molecule has 1 aromatic rings. The molecule has 0 N–H and O–H groups in total. The number of nitrogens with zero attached hydrogens (tertiary/aromatic N) is 3. The van der Waals surface area contributed by atoms with E-state index in [9.17, 15) is 13.2 Å². The highest BCUT2D eigenvalue weighted by atomic mass is 32.2. The molecule has 1 atom stereocenters. The van der Waals surface area contributed by atoms with Crippen molar-refractivity contribution in [2.24, 2.45) is 17.8 Å². The van der Waals surface area contributed by atoms with Crippen LogP contribution in [0.3, 0.4) is 0 Å². The zero-order valence-electron chi connectivity index (χ0n) is 23.6. The van der Waals surface area contributed by atoms with Gasteiger partial charge in [-0.15, -0.1) is 0 Å². The second-order valence-electron chi connectivity index (χ2n) is 11.2. The SMILES string of the molecule is COc1ccc(OC)c(S(=O)(=O)N2CCC(CCCC3CCN(C(=O)C(C(C)C)N(C)C)CC3)CC2)c1. The molecule has 8 nitrogen and oxygen atoms in total. The van der Waals surface area contributed by atoms with Gasteiger partial charge in [-0.2, -0.15) is 4.31 Å². The Bertz CT molecular complexity index is 974. The number of methoxy groups -OCH3 is 2. The van der Waals surface area contributed by atoms with Crippen molar-refractivity contribution in [3.8, 4) is 11.5 Å². The number of ether oxygens (including phenoxy) is 2. The zero-order chi connectivity index (χ0) is 27.2. The van der Waals surface area contributed by atoms with Gasteiger partial charge in [0.25, 0.3) is 0 Å². The van der Waals surface area contributed by atoms with Crippen molar-refractivity contribution < 1.29 is 22.7 Å². The number of sulfonamides is 1. The molecule has 1 amide bonds. The quantitative estimate of drug-likeness (QED) is 0.423. The Morgan fingerprint density at radius 2 is 1.54 bits per heavy atom. The fourth-order valence-electron chi connectivity index (χ4n) is 5.99. The van der Waals surface area contributed by atoms with Crippen LogP contribution in [0.1, 0.15) is 58.8 Å². The first-order valence-corrected chi connectivity index (χ1v) is 15.2. The zero-order valence-corrected chi connectivity index (χ0v) is 24.4. The molecule has 37 heavy (non-hydrogen) atoms. The monoisotopic (exact) mass is 537 g/mol. The van der Waals surface area contributed by atoms with Crippen molar-refractivity contribution in [1.82, 2.24) is 14.1 Å². The highest BCUT2D eigenvalue weighted by Crippen LogP contribution is 2.34. The van der Waals surface area contributed by atoms with Crippen LogP contribution in [0, 0.1) is 17.8 Å². The lowest BCUT2D eigenvalue weighted by molar-refractivity contribution is -0.139. The molecule has 3 rings (SSSR count). The minimum absolute atomic E-state index is 0.0451. The Morgan fingerprint density at radius 3 is 2.03 bits per heavy atom. The molecule has 9 heteroatoms. The summed E-state index contributed by atoms with van der Waals surface area (Å²) in [6, 6.07) is 4.85. The van der Waals surface area contributed by atoms with Crippen molar-refractivity contribution in [3.05, 3.63) is 18.2 Å². The molecule has 210 valence electrons. The van der Waals surface area contributed by atoms with Gasteiger partial charge in [0.15, 0.2) is 0 Å². The molecule has 0 saturated carbocycles. The molecule has 0 bridgehead atoms. The first-order chi connectivity index (χ1) is 17.6. The van der Waals surface area contributed by atoms with E-state index in [1.807, 2.05) is 19.0 Å². The normalized spacial score (nSPS) is 19.4. The number of likely N-dealkylation sites (N-methyl/N-ethyl adjacent to an activating group) is 1. The Balaban J connectivity index is 1.42. The van der Waals surface area contributed by atoms with Gasteiger partial charge in [-0.05, 0) is 69.7 Å². The van der Waals surface area contributed by atoms with E-state index in [0.717, 1.165) is 45.2 Å². The van der Waals surface area contributed by atoms with E-state index in [1.54, 1.807) is 22.5 Å². The summed E-state index contributed by atoms with van der Waals surface area (Å²) in [4.78, 5) is 17.3. The highest BCUT2D eigenvalue weighted by molar-refractivity contribution is 7.89. The maximum Gasteiger partial charge on any atom is 0.246 e. The van der Waals surface area contributed by atoms with Crippen LogP contribution < -0.4 is 9.47 Å². The highest BCUT2D eigenvalue weighted by Gasteiger charge is 2.33. The summed E-state index contributed by atoms with van der Waals surface area (Å²) in [6.07, 6.45) is 7.46. The number of carbonyl (C=O) groups is 1. The summed E-state index contributed by atoms with van der Waals surface area (Å²) in [6.45, 7) is 7.04. The Hall–Kier alpha value is -1.84. The Labute approximate surface area is 224 Å². The van der Waals surface area contributed by atoms with Crippen LogP contribution in [0.15, 0.2) is 23.1 Å². The van der Waals surface area contributed by atoms with Gasteiger partial charge >= 0.3 is 0 Å². The lowest BCUT2D eigenvalue weighted by atomic mass is 9.87. The maximum atomic E-state index is 13.3. The number of likely N-dealkylation sites (tertiary alicyclic amines) is 1. The molecule has 0 aromatic heterocycles. The molecule has 2 aliphatic rings. The molecule has 1 aromatic carbocycles. The lowest BCUT2D eigenvalue weighted by Gasteiger charge is -2.37. The second kappa shape index (κ2) is 13.3. The first kappa shape index (κ1) is 29.7. The third-order valence-corrected chi connectivity index (χ3v) is 10.1. The van der Waals surface area contributed by atoms with Crippen LogP contribution in [-0.2, 0) is 14.8 Å². The number of hydrogen-bond donors (Lipinski definition) is 0. The molecule has 0 aliphatic carbocycles. The van der Waals surface area contributed by atoms with Gasteiger partial charge in [0.05, 0.1) is 20.3 Å². The van der Waals surface area contributed by atoms with Crippen molar-refractivity contribution >= 4 is 15.9 Å². The molecule has 0 spiro atoms. The van der Waals surface area contributed by atoms with Crippen LogP contribution in [0.2, 0.25) is 0 Å². The minimum atomic E-state index is -3.63. The maximum absolute atomic E-state index is 13.3. The largest absolute Gasteiger partial charge is 0.497 e. The van der Waals surface area contributed by atoms with Crippen LogP contribution in [0.25, 0.3) is 0 Å². The lowest BCUT2D eigenvalue weighted by Crippen LogP contribution is -2.50. The van der Waals surface area contributed by atoms with E-state index >= 15 is 0 Å². The summed E-state index contributed by atoms with van der Waals surface area (Å²) in [5.74, 6) is 2.67. The average Bonchev–Trinajstić information content (AvgIpc) is 2.88. The molecule has 2 heterocycles. The van der Waals surface area contributed by atoms with Gasteiger partial charge in [0.1, 0.15) is 16.4 Å². The fraction of sp³-hybridized carbons (Fsp3) is 0.750. The summed E-state index contributed by atoms with van der Waals surface area (Å²) in [5, 5.41) is 0. The van der Waals surface area contributed by atoms with E-state index in [4.69, 9.17) is 9.47 Å². The summed E-state index contributed by atoms with van der Waals surface area (Å²) < 4.78 is 38.8. The van der Waals surface area contributed by atoms with Gasteiger partial charge in [-0.3, -0.25) is 9.69 Å². The summed E-state index contributed by atoms with van der Waals surface area (Å²) >= 11 is 0. The van der Waals surface area contributed by atoms with Gasteiger partial charge in [0, 0.05) is 32.2 Å². The standard InChI is InChI=1S/C28H47N3O5S/c1-21(2)27(29(3)4)28(32)30-16-12-22(13-17-30)8-7-9-23-14-18-31(19-15-23)37(33,34)26-20-24(35-5)10-11-25(26)36-6/h10-11,20-23,27H,7-9,12-19H2,1-6H3. The van der Waals surface area contributed by atoms with Gasteiger partial charge in [0.2, 0.25) is 15.9 Å². The fourth-order valence-corrected chi connectivity index (χ4v) is 7.63. The molecule has 2 aliphatic heterocycles. The van der Waals surface area contributed by atoms with E-state index in [-0.39, 0.29) is 16.8 Å². The predicted molar refractivity (Wildman–Crippen MR) is 146 cm³/mol. The minimum Gasteiger partial charge on any atom is -0.497 e. The third-order valence-electron chi connectivity index (χ3n) is 8.15. The molecular weight excluding hydrogens is 490 g/mol. The van der Waals surface area contributed by atoms with Crippen LogP contribution in [-0.4, -0.2) is 89.0 Å². The first-order valence-electron chi connectivity index (χ1n) is 13.8. The summed E-state index contributed by atoms with van der Waals surface area (Å²) in [5.41, 5.74) is 0. The van der Waals surface area contributed by atoms with Crippen LogP contribution >= 0.6 is 0 Å². The molecule has 2 fully saturated rings. The van der Waals surface area contributed by atoms with Gasteiger partial charge < -0.3 is 14.4 Å². The van der Waals surface area contributed by atoms with Crippen LogP contribution in [0.5, 0.6) is 11.5 Å². The Kier molecular flexibility index (Phi) is 10.7. The van der Waals surface area contributed by atoms with E-state index < -0.39 is 10.0 Å². The second-order valence-corrected chi connectivity index (χ2v) is 13.1. The van der Waals surface area contributed by atoms with Crippen LogP contribution in [0.4, 0.5) is 0 Å². The molecular formula is C28H47N3O5S. The van der Waals surface area contributed by atoms with Crippen molar-refractivity contribution in [1.29, 1.82) is 0 Å². The number of amides is 1. The van der Waals surface area contributed by atoms with Gasteiger partial charge in [-0.25, -0.2) is 8.42 Å². The number of benzene rings is 1. The van der Waals surface area contributed by atoms with E-state index in [1.165, 1.54) is 27.1 Å². The van der Waals surface area contributed by atoms with Crippen molar-refractivity contribution in [2.75, 3.05) is 54.5 Å². The van der Waals surface area contributed by atoms with E-state index in [0.29, 0.717) is 42.3 Å². The predicted octanol–water partition coefficient (Wildman–Crippen LogP) is 4.10. The number of rotatable bonds is 11. The number of hydrogen-bond acceptors (Lipinski definition) is 6. The number of carbonyl (C=O) groups excluding carboxylic acids is 1. The number of piperidine rings is 2.